The molecular weight excluding hydrogens is 384 g/mol. The van der Waals surface area contributed by atoms with Crippen molar-refractivity contribution in [2.75, 3.05) is 26.3 Å². The molecule has 2 unspecified atom stereocenters. The van der Waals surface area contributed by atoms with E-state index in [1.807, 2.05) is 52.0 Å². The number of aromatic nitrogens is 1. The fourth-order valence-corrected chi connectivity index (χ4v) is 3.91. The summed E-state index contributed by atoms with van der Waals surface area (Å²) in [5.74, 6) is -0.231. The number of amides is 1. The van der Waals surface area contributed by atoms with Gasteiger partial charge in [0.1, 0.15) is 5.60 Å². The van der Waals surface area contributed by atoms with Gasteiger partial charge in [0.2, 0.25) is 0 Å². The van der Waals surface area contributed by atoms with Gasteiger partial charge in [-0.15, -0.1) is 0 Å². The van der Waals surface area contributed by atoms with E-state index in [1.165, 1.54) is 4.57 Å². The number of hydrogen-bond donors (Lipinski definition) is 1. The fraction of sp³-hybridized carbons (Fsp3) is 0.565. The van der Waals surface area contributed by atoms with Crippen LogP contribution in [0.3, 0.4) is 0 Å². The predicted octanol–water partition coefficient (Wildman–Crippen LogP) is 4.37. The van der Waals surface area contributed by atoms with Gasteiger partial charge in [-0.2, -0.15) is 0 Å². The third-order valence-electron chi connectivity index (χ3n) is 5.39. The monoisotopic (exact) mass is 416 g/mol. The van der Waals surface area contributed by atoms with Crippen LogP contribution in [0.5, 0.6) is 0 Å². The zero-order valence-electron chi connectivity index (χ0n) is 18.3. The standard InChI is InChI=1S/C23H32N2O5/c1-5-6-11-29-22(28)25-14-19(17-9-7-8-10-20(17)25)18-13-24(12-16(18)15-26)21(27)30-23(2,3)4/h7-10,14,16,18,26H,5-6,11-13,15H2,1-4H3. The van der Waals surface area contributed by atoms with Crippen LogP contribution < -0.4 is 0 Å². The first-order valence-corrected chi connectivity index (χ1v) is 10.6. The minimum absolute atomic E-state index is 0.0512. The Balaban J connectivity index is 1.90. The second kappa shape index (κ2) is 9.08. The van der Waals surface area contributed by atoms with Crippen molar-refractivity contribution in [3.63, 3.8) is 0 Å². The van der Waals surface area contributed by atoms with Crippen molar-refractivity contribution in [1.29, 1.82) is 0 Å². The molecule has 1 amide bonds. The topological polar surface area (TPSA) is 81.0 Å². The number of para-hydroxylation sites is 1. The maximum absolute atomic E-state index is 12.6. The van der Waals surface area contributed by atoms with E-state index in [-0.39, 0.29) is 24.5 Å². The fourth-order valence-electron chi connectivity index (χ4n) is 3.91. The number of nitrogens with zero attached hydrogens (tertiary/aromatic N) is 2. The zero-order valence-corrected chi connectivity index (χ0v) is 18.3. The molecule has 1 aliphatic heterocycles. The van der Waals surface area contributed by atoms with Crippen LogP contribution >= 0.6 is 0 Å². The maximum Gasteiger partial charge on any atom is 0.418 e. The molecule has 2 atom stereocenters. The molecule has 7 nitrogen and oxygen atoms in total. The predicted molar refractivity (Wildman–Crippen MR) is 115 cm³/mol. The third kappa shape index (κ3) is 4.78. The maximum atomic E-state index is 12.6. The molecule has 1 aromatic carbocycles. The summed E-state index contributed by atoms with van der Waals surface area (Å²) in [7, 11) is 0. The second-order valence-electron chi connectivity index (χ2n) is 8.87. The van der Waals surface area contributed by atoms with Gasteiger partial charge in [0.25, 0.3) is 0 Å². The van der Waals surface area contributed by atoms with Crippen molar-refractivity contribution in [1.82, 2.24) is 9.47 Å². The summed E-state index contributed by atoms with van der Waals surface area (Å²) >= 11 is 0. The van der Waals surface area contributed by atoms with Crippen molar-refractivity contribution < 1.29 is 24.2 Å². The van der Waals surface area contributed by atoms with Gasteiger partial charge in [-0.1, -0.05) is 31.5 Å². The number of rotatable bonds is 5. The molecule has 0 aliphatic carbocycles. The highest BCUT2D eigenvalue weighted by atomic mass is 16.6. The molecule has 0 spiro atoms. The van der Waals surface area contributed by atoms with Crippen LogP contribution in [0.1, 0.15) is 52.0 Å². The number of ether oxygens (including phenoxy) is 2. The number of unbranched alkanes of at least 4 members (excludes halogenated alkanes) is 1. The molecule has 1 N–H and O–H groups in total. The average molecular weight is 417 g/mol. The van der Waals surface area contributed by atoms with E-state index < -0.39 is 11.7 Å². The lowest BCUT2D eigenvalue weighted by atomic mass is 9.89. The van der Waals surface area contributed by atoms with Gasteiger partial charge in [0.05, 0.1) is 12.1 Å². The Morgan fingerprint density at radius 2 is 1.90 bits per heavy atom. The highest BCUT2D eigenvalue weighted by molar-refractivity contribution is 5.92. The van der Waals surface area contributed by atoms with Gasteiger partial charge in [0, 0.05) is 43.1 Å². The molecule has 0 saturated carbocycles. The van der Waals surface area contributed by atoms with E-state index in [0.29, 0.717) is 19.7 Å². The van der Waals surface area contributed by atoms with Crippen molar-refractivity contribution in [3.8, 4) is 0 Å². The van der Waals surface area contributed by atoms with Gasteiger partial charge in [-0.05, 0) is 38.8 Å². The summed E-state index contributed by atoms with van der Waals surface area (Å²) in [6.45, 7) is 8.72. The molecule has 1 saturated heterocycles. The van der Waals surface area contributed by atoms with Gasteiger partial charge in [-0.3, -0.25) is 4.57 Å². The van der Waals surface area contributed by atoms with Crippen molar-refractivity contribution >= 4 is 23.1 Å². The molecule has 1 aliphatic rings. The molecule has 164 valence electrons. The Labute approximate surface area is 177 Å². The minimum Gasteiger partial charge on any atom is -0.449 e. The van der Waals surface area contributed by atoms with Gasteiger partial charge >= 0.3 is 12.2 Å². The molecule has 3 rings (SSSR count). The number of carbonyl (C=O) groups is 2. The lowest BCUT2D eigenvalue weighted by Gasteiger charge is -2.24. The molecule has 7 heteroatoms. The molecular formula is C23H32N2O5. The summed E-state index contributed by atoms with van der Waals surface area (Å²) in [5, 5.41) is 10.9. The number of carbonyl (C=O) groups excluding carboxylic acids is 2. The minimum atomic E-state index is -0.581. The molecule has 30 heavy (non-hydrogen) atoms. The summed E-state index contributed by atoms with van der Waals surface area (Å²) < 4.78 is 12.5. The highest BCUT2D eigenvalue weighted by Crippen LogP contribution is 2.38. The Morgan fingerprint density at radius 3 is 2.57 bits per heavy atom. The van der Waals surface area contributed by atoms with Gasteiger partial charge < -0.3 is 19.5 Å². The Hall–Kier alpha value is -2.54. The highest BCUT2D eigenvalue weighted by Gasteiger charge is 2.39. The third-order valence-corrected chi connectivity index (χ3v) is 5.39. The van der Waals surface area contributed by atoms with E-state index in [1.54, 1.807) is 11.1 Å². The number of aliphatic hydroxyl groups excluding tert-OH is 1. The summed E-state index contributed by atoms with van der Waals surface area (Å²) in [6.07, 6.45) is 2.77. The van der Waals surface area contributed by atoms with Crippen LogP contribution in [0.2, 0.25) is 0 Å². The quantitative estimate of drug-likeness (QED) is 0.732. The van der Waals surface area contributed by atoms with Crippen LogP contribution in [-0.2, 0) is 9.47 Å². The molecule has 2 heterocycles. The van der Waals surface area contributed by atoms with E-state index in [4.69, 9.17) is 9.47 Å². The number of aliphatic hydroxyl groups is 1. The number of likely N-dealkylation sites (tertiary alicyclic amines) is 1. The van der Waals surface area contributed by atoms with Gasteiger partial charge in [-0.25, -0.2) is 9.59 Å². The van der Waals surface area contributed by atoms with Gasteiger partial charge in [0.15, 0.2) is 0 Å². The summed E-state index contributed by atoms with van der Waals surface area (Å²) in [4.78, 5) is 26.9. The smallest absolute Gasteiger partial charge is 0.418 e. The summed E-state index contributed by atoms with van der Waals surface area (Å²) in [5.41, 5.74) is 1.12. The number of hydrogen-bond acceptors (Lipinski definition) is 5. The van der Waals surface area contributed by atoms with Crippen molar-refractivity contribution in [3.05, 3.63) is 36.0 Å². The first kappa shape index (κ1) is 22.2. The van der Waals surface area contributed by atoms with Crippen LogP contribution in [0.15, 0.2) is 30.5 Å². The summed E-state index contributed by atoms with van der Waals surface area (Å²) in [6, 6.07) is 7.65. The Bertz CT molecular complexity index is 899. The van der Waals surface area contributed by atoms with Crippen LogP contribution in [0, 0.1) is 5.92 Å². The Kier molecular flexibility index (Phi) is 6.71. The van der Waals surface area contributed by atoms with E-state index in [9.17, 15) is 14.7 Å². The normalized spacial score (nSPS) is 19.3. The lowest BCUT2D eigenvalue weighted by Crippen LogP contribution is -2.35. The second-order valence-corrected chi connectivity index (χ2v) is 8.87. The van der Waals surface area contributed by atoms with Crippen molar-refractivity contribution in [2.24, 2.45) is 5.92 Å². The largest absolute Gasteiger partial charge is 0.449 e. The lowest BCUT2D eigenvalue weighted by molar-refractivity contribution is 0.0283. The molecule has 1 aromatic heterocycles. The van der Waals surface area contributed by atoms with Crippen molar-refractivity contribution in [2.45, 2.75) is 52.1 Å². The van der Waals surface area contributed by atoms with E-state index in [2.05, 4.69) is 0 Å². The Morgan fingerprint density at radius 1 is 1.17 bits per heavy atom. The SMILES string of the molecule is CCCCOC(=O)n1cc(C2CN(C(=O)OC(C)(C)C)CC2CO)c2ccccc21. The molecule has 2 aromatic rings. The zero-order chi connectivity index (χ0) is 21.9. The van der Waals surface area contributed by atoms with Crippen LogP contribution in [0.25, 0.3) is 10.9 Å². The molecule has 0 bridgehead atoms. The van der Waals surface area contributed by atoms with Crippen LogP contribution in [-0.4, -0.2) is 58.7 Å². The number of fused-ring (bicyclic) bond motifs is 1. The molecule has 1 fully saturated rings. The van der Waals surface area contributed by atoms with E-state index >= 15 is 0 Å². The first-order valence-electron chi connectivity index (χ1n) is 10.6. The van der Waals surface area contributed by atoms with Crippen LogP contribution in [0.4, 0.5) is 9.59 Å². The van der Waals surface area contributed by atoms with E-state index in [0.717, 1.165) is 29.3 Å². The molecule has 0 radical (unpaired) electrons. The average Bonchev–Trinajstić information content (AvgIpc) is 3.28. The number of benzene rings is 1. The first-order chi connectivity index (χ1) is 14.2.